The first kappa shape index (κ1) is 14.6. The van der Waals surface area contributed by atoms with Gasteiger partial charge in [0.05, 0.1) is 0 Å². The van der Waals surface area contributed by atoms with Crippen LogP contribution in [0.15, 0.2) is 18.2 Å². The summed E-state index contributed by atoms with van der Waals surface area (Å²) in [6.45, 7) is 4.38. The third kappa shape index (κ3) is 3.14. The molecule has 0 unspecified atom stereocenters. The predicted molar refractivity (Wildman–Crippen MR) is 85.6 cm³/mol. The van der Waals surface area contributed by atoms with E-state index in [9.17, 15) is 0 Å². The number of halogens is 2. The molecule has 110 valence electrons. The average Bonchev–Trinajstić information content (AvgIpc) is 2.97. The Morgan fingerprint density at radius 3 is 2.45 bits per heavy atom. The molecule has 1 aromatic rings. The van der Waals surface area contributed by atoms with Gasteiger partial charge in [0, 0.05) is 42.3 Å². The molecule has 0 radical (unpaired) electrons. The molecule has 20 heavy (non-hydrogen) atoms. The van der Waals surface area contributed by atoms with Crippen molar-refractivity contribution in [2.45, 2.75) is 31.7 Å². The third-order valence-corrected chi connectivity index (χ3v) is 5.23. The Hall–Kier alpha value is -0.280. The number of hydrogen-bond donors (Lipinski definition) is 1. The van der Waals surface area contributed by atoms with Gasteiger partial charge in [-0.05, 0) is 36.5 Å². The van der Waals surface area contributed by atoms with E-state index in [1.54, 1.807) is 0 Å². The lowest BCUT2D eigenvalue weighted by Gasteiger charge is -2.39. The minimum atomic E-state index is 0.462. The van der Waals surface area contributed by atoms with Crippen LogP contribution in [-0.2, 0) is 0 Å². The second-order valence-corrected chi connectivity index (χ2v) is 6.78. The zero-order valence-electron chi connectivity index (χ0n) is 11.7. The van der Waals surface area contributed by atoms with Gasteiger partial charge in [0.1, 0.15) is 0 Å². The van der Waals surface area contributed by atoms with Crippen molar-refractivity contribution in [2.24, 2.45) is 5.92 Å². The topological polar surface area (TPSA) is 15.3 Å². The smallest absolute Gasteiger partial charge is 0.0468 e. The van der Waals surface area contributed by atoms with E-state index in [1.165, 1.54) is 31.2 Å². The van der Waals surface area contributed by atoms with Gasteiger partial charge in [-0.25, -0.2) is 0 Å². The summed E-state index contributed by atoms with van der Waals surface area (Å²) >= 11 is 12.6. The van der Waals surface area contributed by atoms with Crippen LogP contribution in [0.1, 0.15) is 37.3 Å². The van der Waals surface area contributed by atoms with E-state index in [0.29, 0.717) is 6.04 Å². The molecule has 4 heteroatoms. The highest BCUT2D eigenvalue weighted by Crippen LogP contribution is 2.42. The first-order chi connectivity index (χ1) is 9.75. The maximum absolute atomic E-state index is 6.50. The lowest BCUT2D eigenvalue weighted by molar-refractivity contribution is 0.125. The third-order valence-electron chi connectivity index (χ3n) is 4.67. The van der Waals surface area contributed by atoms with E-state index >= 15 is 0 Å². The van der Waals surface area contributed by atoms with Gasteiger partial charge in [-0.1, -0.05) is 42.1 Å². The van der Waals surface area contributed by atoms with Gasteiger partial charge in [-0.2, -0.15) is 0 Å². The first-order valence-electron chi connectivity index (χ1n) is 7.65. The van der Waals surface area contributed by atoms with Crippen molar-refractivity contribution in [3.63, 3.8) is 0 Å². The van der Waals surface area contributed by atoms with E-state index < -0.39 is 0 Å². The van der Waals surface area contributed by atoms with Crippen LogP contribution in [0.4, 0.5) is 0 Å². The van der Waals surface area contributed by atoms with E-state index in [-0.39, 0.29) is 0 Å². The van der Waals surface area contributed by atoms with Crippen molar-refractivity contribution in [1.29, 1.82) is 0 Å². The predicted octanol–water partition coefficient (Wildman–Crippen LogP) is 4.13. The van der Waals surface area contributed by atoms with Crippen LogP contribution in [0.25, 0.3) is 0 Å². The van der Waals surface area contributed by atoms with E-state index in [2.05, 4.69) is 16.3 Å². The molecular formula is C16H22Cl2N2. The Bertz CT molecular complexity index is 452. The maximum Gasteiger partial charge on any atom is 0.0468 e. The molecule has 2 nitrogen and oxygen atoms in total. The number of rotatable bonds is 3. The molecule has 1 aliphatic carbocycles. The summed E-state index contributed by atoms with van der Waals surface area (Å²) in [5.74, 6) is 0.742. The molecule has 1 aromatic carbocycles. The normalized spacial score (nSPS) is 23.1. The first-order valence-corrected chi connectivity index (χ1v) is 8.41. The molecule has 3 rings (SSSR count). The summed E-state index contributed by atoms with van der Waals surface area (Å²) in [4.78, 5) is 2.61. The van der Waals surface area contributed by atoms with E-state index in [0.717, 1.165) is 42.1 Å². The fourth-order valence-corrected chi connectivity index (χ4v) is 4.24. The van der Waals surface area contributed by atoms with E-state index in [4.69, 9.17) is 23.2 Å². The Labute approximate surface area is 131 Å². The largest absolute Gasteiger partial charge is 0.314 e. The van der Waals surface area contributed by atoms with Gasteiger partial charge in [-0.15, -0.1) is 0 Å². The molecule has 1 saturated heterocycles. The Morgan fingerprint density at radius 1 is 1.10 bits per heavy atom. The summed E-state index contributed by atoms with van der Waals surface area (Å²) in [6.07, 6.45) is 5.37. The van der Waals surface area contributed by atoms with Gasteiger partial charge < -0.3 is 5.32 Å². The Morgan fingerprint density at radius 2 is 1.80 bits per heavy atom. The molecule has 1 aliphatic heterocycles. The fourth-order valence-electron chi connectivity index (χ4n) is 3.72. The second kappa shape index (κ2) is 6.65. The zero-order chi connectivity index (χ0) is 13.9. The van der Waals surface area contributed by atoms with Gasteiger partial charge in [0.15, 0.2) is 0 Å². The molecule has 2 aliphatic rings. The van der Waals surface area contributed by atoms with Crippen molar-refractivity contribution in [2.75, 3.05) is 26.2 Å². The quantitative estimate of drug-likeness (QED) is 0.902. The summed E-state index contributed by atoms with van der Waals surface area (Å²) in [7, 11) is 0. The van der Waals surface area contributed by atoms with Gasteiger partial charge in [0.2, 0.25) is 0 Å². The zero-order valence-corrected chi connectivity index (χ0v) is 13.3. The number of nitrogens with one attached hydrogen (secondary N) is 1. The van der Waals surface area contributed by atoms with Crippen LogP contribution in [0.5, 0.6) is 0 Å². The van der Waals surface area contributed by atoms with Crippen LogP contribution in [0.3, 0.4) is 0 Å². The fraction of sp³-hybridized carbons (Fsp3) is 0.625. The second-order valence-electron chi connectivity index (χ2n) is 5.94. The van der Waals surface area contributed by atoms with Gasteiger partial charge >= 0.3 is 0 Å². The van der Waals surface area contributed by atoms with Crippen LogP contribution in [-0.4, -0.2) is 31.1 Å². The lowest BCUT2D eigenvalue weighted by Crippen LogP contribution is -2.46. The van der Waals surface area contributed by atoms with Gasteiger partial charge in [-0.3, -0.25) is 4.90 Å². The highest BCUT2D eigenvalue weighted by Gasteiger charge is 2.32. The minimum Gasteiger partial charge on any atom is -0.314 e. The molecule has 1 heterocycles. The van der Waals surface area contributed by atoms with Crippen LogP contribution >= 0.6 is 23.2 Å². The van der Waals surface area contributed by atoms with Crippen LogP contribution in [0.2, 0.25) is 10.0 Å². The number of hydrogen-bond acceptors (Lipinski definition) is 2. The molecule has 1 N–H and O–H groups in total. The minimum absolute atomic E-state index is 0.462. The number of benzene rings is 1. The summed E-state index contributed by atoms with van der Waals surface area (Å²) in [6, 6.07) is 6.47. The van der Waals surface area contributed by atoms with Crippen LogP contribution in [0, 0.1) is 5.92 Å². The SMILES string of the molecule is Clc1ccc([C@H](C2CCCC2)N2CCNCC2)c(Cl)c1. The van der Waals surface area contributed by atoms with Crippen molar-refractivity contribution in [3.05, 3.63) is 33.8 Å². The van der Waals surface area contributed by atoms with Gasteiger partial charge in [0.25, 0.3) is 0 Å². The lowest BCUT2D eigenvalue weighted by atomic mass is 9.89. The summed E-state index contributed by atoms with van der Waals surface area (Å²) in [5.41, 5.74) is 1.27. The van der Waals surface area contributed by atoms with Crippen molar-refractivity contribution >= 4 is 23.2 Å². The molecule has 2 fully saturated rings. The monoisotopic (exact) mass is 312 g/mol. The molecule has 1 saturated carbocycles. The van der Waals surface area contributed by atoms with Crippen molar-refractivity contribution in [1.82, 2.24) is 10.2 Å². The number of piperazine rings is 1. The Kier molecular flexibility index (Phi) is 4.87. The maximum atomic E-state index is 6.50. The molecule has 1 atom stereocenters. The van der Waals surface area contributed by atoms with Crippen molar-refractivity contribution < 1.29 is 0 Å². The standard InChI is InChI=1S/C16H22Cl2N2/c17-13-5-6-14(15(18)11-13)16(12-3-1-2-4-12)20-9-7-19-8-10-20/h5-6,11-12,16,19H,1-4,7-10H2/t16-/m0/s1. The van der Waals surface area contributed by atoms with Crippen LogP contribution < -0.4 is 5.32 Å². The van der Waals surface area contributed by atoms with E-state index in [1.807, 2.05) is 12.1 Å². The molecular weight excluding hydrogens is 291 g/mol. The summed E-state index contributed by atoms with van der Waals surface area (Å²) < 4.78 is 0. The highest BCUT2D eigenvalue weighted by molar-refractivity contribution is 6.35. The molecule has 0 aromatic heterocycles. The summed E-state index contributed by atoms with van der Waals surface area (Å²) in [5, 5.41) is 4.99. The Balaban J connectivity index is 1.90. The molecule has 0 amide bonds. The highest BCUT2D eigenvalue weighted by atomic mass is 35.5. The van der Waals surface area contributed by atoms with Crippen molar-refractivity contribution in [3.8, 4) is 0 Å². The molecule has 0 bridgehead atoms. The molecule has 0 spiro atoms. The average molecular weight is 313 g/mol. The number of nitrogens with zero attached hydrogens (tertiary/aromatic N) is 1.